The normalized spacial score (nSPS) is 14.0. The van der Waals surface area contributed by atoms with Gasteiger partial charge in [-0.15, -0.1) is 0 Å². The van der Waals surface area contributed by atoms with Crippen LogP contribution in [-0.4, -0.2) is 53.0 Å². The first-order chi connectivity index (χ1) is 12.1. The van der Waals surface area contributed by atoms with Crippen molar-refractivity contribution in [3.8, 4) is 0 Å². The molecule has 0 spiro atoms. The van der Waals surface area contributed by atoms with Crippen LogP contribution in [0, 0.1) is 0 Å². The van der Waals surface area contributed by atoms with Gasteiger partial charge in [-0.2, -0.15) is 0 Å². The van der Waals surface area contributed by atoms with Gasteiger partial charge in [-0.05, 0) is 24.3 Å². The van der Waals surface area contributed by atoms with Crippen molar-refractivity contribution in [1.82, 2.24) is 14.9 Å². The molecule has 25 heavy (non-hydrogen) atoms. The third-order valence-corrected chi connectivity index (χ3v) is 3.66. The minimum atomic E-state index is -0.130. The largest absolute Gasteiger partial charge is 0.378 e. The first kappa shape index (κ1) is 16.8. The molecule has 1 fully saturated rings. The van der Waals surface area contributed by atoms with E-state index < -0.39 is 0 Å². The Hall–Kier alpha value is -3.00. The third kappa shape index (κ3) is 4.51. The van der Waals surface area contributed by atoms with Crippen LogP contribution >= 0.6 is 0 Å². The fourth-order valence-electron chi connectivity index (χ4n) is 2.46. The van der Waals surface area contributed by atoms with Crippen molar-refractivity contribution < 1.29 is 14.3 Å². The first-order valence-electron chi connectivity index (χ1n) is 7.95. The summed E-state index contributed by atoms with van der Waals surface area (Å²) in [7, 11) is 0. The summed E-state index contributed by atoms with van der Waals surface area (Å²) in [5, 5.41) is 5.83. The van der Waals surface area contributed by atoms with Crippen LogP contribution < -0.4 is 10.6 Å². The van der Waals surface area contributed by atoms with E-state index in [9.17, 15) is 9.59 Å². The second-order valence-electron chi connectivity index (χ2n) is 5.58. The molecule has 1 aromatic heterocycles. The van der Waals surface area contributed by atoms with E-state index in [0.717, 1.165) is 5.69 Å². The second-order valence-corrected chi connectivity index (χ2v) is 5.58. The maximum absolute atomic E-state index is 12.5. The first-order valence-corrected chi connectivity index (χ1v) is 7.95. The molecule has 2 heterocycles. The molecule has 130 valence electrons. The summed E-state index contributed by atoms with van der Waals surface area (Å²) in [6, 6.07) is 8.82. The number of nitrogens with one attached hydrogen (secondary N) is 2. The summed E-state index contributed by atoms with van der Waals surface area (Å²) in [5.41, 5.74) is 1.84. The van der Waals surface area contributed by atoms with Gasteiger partial charge in [0.1, 0.15) is 17.8 Å². The number of amides is 2. The van der Waals surface area contributed by atoms with Crippen molar-refractivity contribution in [3.63, 3.8) is 0 Å². The summed E-state index contributed by atoms with van der Waals surface area (Å²) in [5.74, 6) is 0.274. The van der Waals surface area contributed by atoms with Gasteiger partial charge >= 0.3 is 0 Å². The molecular formula is C17H19N5O3. The highest BCUT2D eigenvalue weighted by atomic mass is 16.5. The molecule has 0 atom stereocenters. The quantitative estimate of drug-likeness (QED) is 0.878. The van der Waals surface area contributed by atoms with E-state index in [-0.39, 0.29) is 11.8 Å². The van der Waals surface area contributed by atoms with Crippen molar-refractivity contribution in [2.45, 2.75) is 6.92 Å². The van der Waals surface area contributed by atoms with Gasteiger partial charge in [0, 0.05) is 37.5 Å². The Kier molecular flexibility index (Phi) is 5.20. The van der Waals surface area contributed by atoms with Crippen LogP contribution in [0.25, 0.3) is 0 Å². The van der Waals surface area contributed by atoms with E-state index in [1.54, 1.807) is 23.1 Å². The monoisotopic (exact) mass is 341 g/mol. The molecule has 2 aromatic rings. The van der Waals surface area contributed by atoms with Crippen molar-refractivity contribution in [2.24, 2.45) is 0 Å². The molecule has 0 saturated carbocycles. The van der Waals surface area contributed by atoms with E-state index in [1.807, 2.05) is 12.1 Å². The van der Waals surface area contributed by atoms with Crippen molar-refractivity contribution >= 4 is 29.0 Å². The average Bonchev–Trinajstić information content (AvgIpc) is 2.63. The molecule has 1 aliphatic heterocycles. The maximum Gasteiger partial charge on any atom is 0.272 e. The van der Waals surface area contributed by atoms with Gasteiger partial charge in [-0.25, -0.2) is 9.97 Å². The van der Waals surface area contributed by atoms with E-state index in [2.05, 4.69) is 20.6 Å². The molecule has 2 N–H and O–H groups in total. The molecule has 2 amide bonds. The Morgan fingerprint density at radius 1 is 1.08 bits per heavy atom. The lowest BCUT2D eigenvalue weighted by Gasteiger charge is -2.26. The fourth-order valence-corrected chi connectivity index (χ4v) is 2.46. The van der Waals surface area contributed by atoms with Crippen LogP contribution in [0.5, 0.6) is 0 Å². The highest BCUT2D eigenvalue weighted by Gasteiger charge is 2.20. The number of benzene rings is 1. The Morgan fingerprint density at radius 3 is 2.44 bits per heavy atom. The number of carbonyl (C=O) groups excluding carboxylic acids is 2. The number of hydrogen-bond donors (Lipinski definition) is 2. The number of ether oxygens (including phenoxy) is 1. The molecule has 8 nitrogen and oxygen atoms in total. The second kappa shape index (κ2) is 7.71. The predicted octanol–water partition coefficient (Wildman–Crippen LogP) is 1.65. The molecule has 1 saturated heterocycles. The highest BCUT2D eigenvalue weighted by Crippen LogP contribution is 2.18. The summed E-state index contributed by atoms with van der Waals surface area (Å²) >= 11 is 0. The number of morpholine rings is 1. The molecule has 1 aromatic carbocycles. The van der Waals surface area contributed by atoms with Crippen LogP contribution in [0.3, 0.4) is 0 Å². The van der Waals surface area contributed by atoms with E-state index in [1.165, 1.54) is 13.3 Å². The number of nitrogens with zero attached hydrogens (tertiary/aromatic N) is 3. The Labute approximate surface area is 145 Å². The summed E-state index contributed by atoms with van der Waals surface area (Å²) < 4.78 is 5.26. The Balaban J connectivity index is 1.68. The van der Waals surface area contributed by atoms with Crippen LogP contribution in [0.2, 0.25) is 0 Å². The number of carbonyl (C=O) groups is 2. The van der Waals surface area contributed by atoms with Crippen molar-refractivity contribution in [3.05, 3.63) is 42.4 Å². The predicted molar refractivity (Wildman–Crippen MR) is 92.8 cm³/mol. The zero-order valence-electron chi connectivity index (χ0n) is 13.9. The van der Waals surface area contributed by atoms with Crippen LogP contribution in [-0.2, 0) is 9.53 Å². The van der Waals surface area contributed by atoms with Crippen molar-refractivity contribution in [2.75, 3.05) is 36.9 Å². The zero-order valence-corrected chi connectivity index (χ0v) is 13.9. The summed E-state index contributed by atoms with van der Waals surface area (Å²) in [6.45, 7) is 3.68. The Morgan fingerprint density at radius 2 is 1.76 bits per heavy atom. The smallest absolute Gasteiger partial charge is 0.272 e. The molecule has 0 radical (unpaired) electrons. The fraction of sp³-hybridized carbons (Fsp3) is 0.294. The summed E-state index contributed by atoms with van der Waals surface area (Å²) in [4.78, 5) is 33.4. The van der Waals surface area contributed by atoms with Gasteiger partial charge in [-0.1, -0.05) is 0 Å². The lowest BCUT2D eigenvalue weighted by Crippen LogP contribution is -2.41. The molecule has 0 unspecified atom stereocenters. The van der Waals surface area contributed by atoms with Gasteiger partial charge in [-0.3, -0.25) is 9.59 Å². The number of rotatable bonds is 4. The third-order valence-electron chi connectivity index (χ3n) is 3.66. The number of anilines is 3. The minimum Gasteiger partial charge on any atom is -0.378 e. The molecule has 1 aliphatic rings. The van der Waals surface area contributed by atoms with Gasteiger partial charge in [0.2, 0.25) is 5.91 Å². The Bertz CT molecular complexity index is 757. The molecule has 8 heteroatoms. The van der Waals surface area contributed by atoms with Crippen LogP contribution in [0.4, 0.5) is 17.2 Å². The van der Waals surface area contributed by atoms with Crippen LogP contribution in [0.15, 0.2) is 36.7 Å². The van der Waals surface area contributed by atoms with Gasteiger partial charge in [0.25, 0.3) is 5.91 Å². The van der Waals surface area contributed by atoms with Gasteiger partial charge in [0.05, 0.1) is 13.2 Å². The lowest BCUT2D eigenvalue weighted by molar-refractivity contribution is -0.114. The maximum atomic E-state index is 12.5. The van der Waals surface area contributed by atoms with E-state index in [0.29, 0.717) is 43.5 Å². The number of hydrogen-bond acceptors (Lipinski definition) is 6. The number of aromatic nitrogens is 2. The van der Waals surface area contributed by atoms with Gasteiger partial charge < -0.3 is 20.3 Å². The molecule has 3 rings (SSSR count). The molecule has 0 aliphatic carbocycles. The average molecular weight is 341 g/mol. The standard InChI is InChI=1S/C17H19N5O3/c1-12(23)20-13-2-4-14(5-3-13)21-16-10-15(18-11-19-16)17(24)22-6-8-25-9-7-22/h2-5,10-11H,6-9H2,1H3,(H,20,23)(H,18,19,21). The molecule has 0 bridgehead atoms. The minimum absolute atomic E-state index is 0.122. The van der Waals surface area contributed by atoms with Gasteiger partial charge in [0.15, 0.2) is 0 Å². The topological polar surface area (TPSA) is 96.5 Å². The highest BCUT2D eigenvalue weighted by molar-refractivity contribution is 5.93. The SMILES string of the molecule is CC(=O)Nc1ccc(Nc2cc(C(=O)N3CCOCC3)ncn2)cc1. The van der Waals surface area contributed by atoms with Crippen molar-refractivity contribution in [1.29, 1.82) is 0 Å². The van der Waals surface area contributed by atoms with E-state index in [4.69, 9.17) is 4.74 Å². The van der Waals surface area contributed by atoms with Crippen LogP contribution in [0.1, 0.15) is 17.4 Å². The lowest BCUT2D eigenvalue weighted by atomic mass is 10.2. The summed E-state index contributed by atoms with van der Waals surface area (Å²) in [6.07, 6.45) is 1.36. The molecular weight excluding hydrogens is 322 g/mol. The van der Waals surface area contributed by atoms with E-state index >= 15 is 0 Å². The zero-order chi connectivity index (χ0) is 17.6.